The van der Waals surface area contributed by atoms with Crippen molar-refractivity contribution < 1.29 is 21.3 Å². The Hall–Kier alpha value is -1.64. The van der Waals surface area contributed by atoms with E-state index < -0.39 is 25.9 Å². The normalized spacial score (nSPS) is 20.2. The molecule has 6 nitrogen and oxygen atoms in total. The van der Waals surface area contributed by atoms with Crippen LogP contribution >= 0.6 is 0 Å². The van der Waals surface area contributed by atoms with Gasteiger partial charge >= 0.3 is 0 Å². The highest BCUT2D eigenvalue weighted by molar-refractivity contribution is 7.92. The average molecular weight is 383 g/mol. The third kappa shape index (κ3) is 3.80. The largest absolute Gasteiger partial charge is 0.468 e. The number of furan rings is 1. The number of benzene rings is 1. The molecule has 2 heterocycles. The lowest BCUT2D eigenvalue weighted by Gasteiger charge is -2.27. The second-order valence-electron chi connectivity index (χ2n) is 6.46. The minimum absolute atomic E-state index is 0.00857. The van der Waals surface area contributed by atoms with Gasteiger partial charge in [-0.1, -0.05) is 12.1 Å². The van der Waals surface area contributed by atoms with Crippen molar-refractivity contribution in [3.63, 3.8) is 0 Å². The number of hydrogen-bond donors (Lipinski definition) is 0. The van der Waals surface area contributed by atoms with E-state index >= 15 is 0 Å². The molecule has 3 rings (SSSR count). The molecule has 0 N–H and O–H groups in total. The summed E-state index contributed by atoms with van der Waals surface area (Å²) in [4.78, 5) is 0.211. The van der Waals surface area contributed by atoms with Crippen LogP contribution in [-0.4, -0.2) is 38.7 Å². The Bertz CT molecular complexity index is 962. The predicted octanol–water partition coefficient (Wildman–Crippen LogP) is 2.27. The Morgan fingerprint density at radius 2 is 2.00 bits per heavy atom. The zero-order valence-electron chi connectivity index (χ0n) is 14.2. The van der Waals surface area contributed by atoms with Gasteiger partial charge in [-0.25, -0.2) is 16.8 Å². The van der Waals surface area contributed by atoms with Crippen LogP contribution in [0.3, 0.4) is 0 Å². The molecule has 8 heteroatoms. The van der Waals surface area contributed by atoms with E-state index in [9.17, 15) is 16.8 Å². The second kappa shape index (κ2) is 6.59. The van der Waals surface area contributed by atoms with Crippen LogP contribution < -0.4 is 0 Å². The highest BCUT2D eigenvalue weighted by atomic mass is 32.2. The summed E-state index contributed by atoms with van der Waals surface area (Å²) in [6.45, 7) is 3.58. The van der Waals surface area contributed by atoms with Gasteiger partial charge in [-0.05, 0) is 49.6 Å². The smallest absolute Gasteiger partial charge is 0.244 e. The Balaban J connectivity index is 2.05. The molecule has 25 heavy (non-hydrogen) atoms. The summed E-state index contributed by atoms with van der Waals surface area (Å²) < 4.78 is 57.0. The van der Waals surface area contributed by atoms with Gasteiger partial charge in [0.05, 0.1) is 29.2 Å². The van der Waals surface area contributed by atoms with Gasteiger partial charge in [0, 0.05) is 6.04 Å². The van der Waals surface area contributed by atoms with Gasteiger partial charge < -0.3 is 4.42 Å². The summed E-state index contributed by atoms with van der Waals surface area (Å²) in [6.07, 6.45) is 1.77. The molecule has 1 aromatic carbocycles. The molecule has 1 fully saturated rings. The highest BCUT2D eigenvalue weighted by Crippen LogP contribution is 2.29. The zero-order chi connectivity index (χ0) is 18.2. The Kier molecular flexibility index (Phi) is 4.78. The van der Waals surface area contributed by atoms with Crippen molar-refractivity contribution in [2.24, 2.45) is 0 Å². The molecule has 0 unspecified atom stereocenters. The number of sulfonamides is 1. The molecule has 0 spiro atoms. The number of hydrogen-bond acceptors (Lipinski definition) is 5. The zero-order valence-corrected chi connectivity index (χ0v) is 15.8. The van der Waals surface area contributed by atoms with Crippen LogP contribution in [-0.2, 0) is 26.4 Å². The highest BCUT2D eigenvalue weighted by Gasteiger charge is 2.39. The number of rotatable bonds is 5. The quantitative estimate of drug-likeness (QED) is 0.791. The van der Waals surface area contributed by atoms with Crippen molar-refractivity contribution >= 4 is 19.9 Å². The summed E-state index contributed by atoms with van der Waals surface area (Å²) in [5.41, 5.74) is 1.47. The van der Waals surface area contributed by atoms with Crippen LogP contribution in [0.4, 0.5) is 0 Å². The van der Waals surface area contributed by atoms with Gasteiger partial charge in [0.1, 0.15) is 5.76 Å². The third-order valence-electron chi connectivity index (χ3n) is 4.44. The average Bonchev–Trinajstić information content (AvgIpc) is 3.16. The Labute approximate surface area is 148 Å². The first-order valence-corrected chi connectivity index (χ1v) is 11.3. The fraction of sp³-hybridized carbons (Fsp3) is 0.412. The summed E-state index contributed by atoms with van der Waals surface area (Å²) in [7, 11) is -7.07. The molecular weight excluding hydrogens is 362 g/mol. The lowest BCUT2D eigenvalue weighted by molar-refractivity contribution is 0.306. The molecule has 0 bridgehead atoms. The van der Waals surface area contributed by atoms with Gasteiger partial charge in [-0.15, -0.1) is 0 Å². The summed E-state index contributed by atoms with van der Waals surface area (Å²) in [6, 6.07) is 8.03. The molecule has 1 atom stereocenters. The standard InChI is InChI=1S/C17H21NO5S2/c1-13-5-6-14(2)17(10-13)25(21,22)18(11-16-4-3-8-23-16)15-7-9-24(19,20)12-15/h3-6,8,10,15H,7,9,11-12H2,1-2H3/t15-/m0/s1. The van der Waals surface area contributed by atoms with Crippen LogP contribution in [0.5, 0.6) is 0 Å². The van der Waals surface area contributed by atoms with Crippen molar-refractivity contribution in [2.45, 2.75) is 37.8 Å². The maximum Gasteiger partial charge on any atom is 0.244 e. The second-order valence-corrected chi connectivity index (χ2v) is 10.5. The lowest BCUT2D eigenvalue weighted by Crippen LogP contribution is -2.40. The summed E-state index contributed by atoms with van der Waals surface area (Å²) in [5, 5.41) is 0. The lowest BCUT2D eigenvalue weighted by atomic mass is 10.2. The molecule has 0 saturated carbocycles. The van der Waals surface area contributed by atoms with E-state index in [-0.39, 0.29) is 22.9 Å². The van der Waals surface area contributed by atoms with Crippen molar-refractivity contribution in [2.75, 3.05) is 11.5 Å². The minimum Gasteiger partial charge on any atom is -0.468 e. The van der Waals surface area contributed by atoms with Crippen molar-refractivity contribution in [1.29, 1.82) is 0 Å². The van der Waals surface area contributed by atoms with Gasteiger partial charge in [0.25, 0.3) is 0 Å². The Morgan fingerprint density at radius 3 is 2.60 bits per heavy atom. The monoisotopic (exact) mass is 383 g/mol. The van der Waals surface area contributed by atoms with Crippen LogP contribution in [0.15, 0.2) is 45.9 Å². The first kappa shape index (κ1) is 18.2. The number of sulfone groups is 1. The molecule has 1 aliphatic heterocycles. The number of nitrogens with zero attached hydrogens (tertiary/aromatic N) is 1. The molecule has 1 aromatic heterocycles. The predicted molar refractivity (Wildman–Crippen MR) is 94.4 cm³/mol. The van der Waals surface area contributed by atoms with E-state index in [1.165, 1.54) is 10.6 Å². The molecule has 0 radical (unpaired) electrons. The SMILES string of the molecule is Cc1ccc(C)c(S(=O)(=O)N(Cc2ccco2)[C@H]2CCS(=O)(=O)C2)c1. The number of aryl methyl sites for hydroxylation is 2. The topological polar surface area (TPSA) is 84.7 Å². The third-order valence-corrected chi connectivity index (χ3v) is 8.23. The molecule has 1 saturated heterocycles. The molecule has 1 aliphatic rings. The maximum absolute atomic E-state index is 13.3. The van der Waals surface area contributed by atoms with Gasteiger partial charge in [0.15, 0.2) is 9.84 Å². The van der Waals surface area contributed by atoms with Crippen LogP contribution in [0.1, 0.15) is 23.3 Å². The van der Waals surface area contributed by atoms with Crippen molar-refractivity contribution in [3.05, 3.63) is 53.5 Å². The van der Waals surface area contributed by atoms with Crippen molar-refractivity contribution in [1.82, 2.24) is 4.31 Å². The van der Waals surface area contributed by atoms with E-state index in [1.807, 2.05) is 13.0 Å². The van der Waals surface area contributed by atoms with Gasteiger partial charge in [-0.2, -0.15) is 4.31 Å². The van der Waals surface area contributed by atoms with Gasteiger partial charge in [-0.3, -0.25) is 0 Å². The van der Waals surface area contributed by atoms with E-state index in [4.69, 9.17) is 4.42 Å². The van der Waals surface area contributed by atoms with E-state index in [0.717, 1.165) is 5.56 Å². The Morgan fingerprint density at radius 1 is 1.24 bits per heavy atom. The van der Waals surface area contributed by atoms with E-state index in [2.05, 4.69) is 0 Å². The minimum atomic E-state index is -3.86. The molecule has 0 aliphatic carbocycles. The molecule has 136 valence electrons. The van der Waals surface area contributed by atoms with Crippen molar-refractivity contribution in [3.8, 4) is 0 Å². The van der Waals surface area contributed by atoms with Gasteiger partial charge in [0.2, 0.25) is 10.0 Å². The first-order valence-electron chi connectivity index (χ1n) is 8.01. The van der Waals surface area contributed by atoms with Crippen LogP contribution in [0.2, 0.25) is 0 Å². The molecule has 2 aromatic rings. The molecular formula is C17H21NO5S2. The van der Waals surface area contributed by atoms with E-state index in [1.54, 1.807) is 31.2 Å². The summed E-state index contributed by atoms with van der Waals surface area (Å²) >= 11 is 0. The fourth-order valence-electron chi connectivity index (χ4n) is 3.08. The fourth-order valence-corrected chi connectivity index (χ4v) is 6.84. The maximum atomic E-state index is 13.3. The summed E-state index contributed by atoms with van der Waals surface area (Å²) in [5.74, 6) is 0.338. The first-order chi connectivity index (χ1) is 11.7. The van der Waals surface area contributed by atoms with E-state index in [0.29, 0.717) is 17.7 Å². The van der Waals surface area contributed by atoms with Crippen LogP contribution in [0.25, 0.3) is 0 Å². The van der Waals surface area contributed by atoms with Crippen LogP contribution in [0, 0.1) is 13.8 Å². The molecule has 0 amide bonds.